The second kappa shape index (κ2) is 10.0. The molecule has 0 aromatic heterocycles. The summed E-state index contributed by atoms with van der Waals surface area (Å²) in [5.41, 5.74) is 0.505. The second-order valence-corrected chi connectivity index (χ2v) is 8.31. The minimum absolute atomic E-state index is 0.136. The summed E-state index contributed by atoms with van der Waals surface area (Å²) in [4.78, 5) is 23.9. The third-order valence-corrected chi connectivity index (χ3v) is 4.75. The van der Waals surface area contributed by atoms with E-state index in [2.05, 4.69) is 19.2 Å². The van der Waals surface area contributed by atoms with Gasteiger partial charge in [0.05, 0.1) is 17.1 Å². The highest BCUT2D eigenvalue weighted by molar-refractivity contribution is 7.89. The summed E-state index contributed by atoms with van der Waals surface area (Å²) >= 11 is 0. The molecule has 2 rings (SSSR count). The third kappa shape index (κ3) is 7.55. The molecule has 2 aromatic carbocycles. The smallest absolute Gasteiger partial charge is 0.338 e. The van der Waals surface area contributed by atoms with Gasteiger partial charge in [0.1, 0.15) is 5.75 Å². The van der Waals surface area contributed by atoms with Gasteiger partial charge in [0, 0.05) is 5.69 Å². The lowest BCUT2D eigenvalue weighted by molar-refractivity contribution is -0.119. The number of nitrogens with one attached hydrogen (secondary N) is 1. The number of anilines is 1. The Morgan fingerprint density at radius 2 is 1.79 bits per heavy atom. The number of benzene rings is 2. The van der Waals surface area contributed by atoms with E-state index in [4.69, 9.17) is 14.6 Å². The van der Waals surface area contributed by atoms with Gasteiger partial charge in [-0.1, -0.05) is 19.9 Å². The molecule has 0 aliphatic heterocycles. The highest BCUT2D eigenvalue weighted by Crippen LogP contribution is 2.15. The van der Waals surface area contributed by atoms with Gasteiger partial charge in [-0.05, 0) is 54.8 Å². The molecule has 0 spiro atoms. The van der Waals surface area contributed by atoms with Crippen LogP contribution in [0.15, 0.2) is 53.4 Å². The monoisotopic (exact) mass is 420 g/mol. The third-order valence-electron chi connectivity index (χ3n) is 3.83. The molecule has 3 N–H and O–H groups in total. The number of esters is 1. The van der Waals surface area contributed by atoms with Crippen LogP contribution in [0.5, 0.6) is 5.75 Å². The number of amides is 1. The lowest BCUT2D eigenvalue weighted by Crippen LogP contribution is -2.21. The maximum absolute atomic E-state index is 12.1. The summed E-state index contributed by atoms with van der Waals surface area (Å²) in [6.45, 7) is 4.28. The van der Waals surface area contributed by atoms with Crippen LogP contribution < -0.4 is 15.2 Å². The molecule has 8 nitrogen and oxygen atoms in total. The van der Waals surface area contributed by atoms with Crippen LogP contribution in [0.4, 0.5) is 5.69 Å². The number of sulfonamides is 1. The molecule has 0 saturated heterocycles. The Bertz CT molecular complexity index is 955. The van der Waals surface area contributed by atoms with Crippen molar-refractivity contribution in [1.82, 2.24) is 0 Å². The second-order valence-electron chi connectivity index (χ2n) is 6.75. The first kappa shape index (κ1) is 22.4. The number of hydrogen-bond acceptors (Lipinski definition) is 6. The summed E-state index contributed by atoms with van der Waals surface area (Å²) in [6, 6.07) is 11.9. The Kier molecular flexibility index (Phi) is 7.74. The fraction of sp³-hybridized carbons (Fsp3) is 0.300. The van der Waals surface area contributed by atoms with Gasteiger partial charge >= 0.3 is 5.97 Å². The number of carbonyl (C=O) groups is 2. The van der Waals surface area contributed by atoms with Crippen LogP contribution in [-0.2, 0) is 19.6 Å². The van der Waals surface area contributed by atoms with Gasteiger partial charge in [-0.2, -0.15) is 0 Å². The van der Waals surface area contributed by atoms with E-state index in [0.29, 0.717) is 18.3 Å². The molecule has 0 unspecified atom stereocenters. The van der Waals surface area contributed by atoms with Gasteiger partial charge in [0.15, 0.2) is 6.61 Å². The van der Waals surface area contributed by atoms with Crippen LogP contribution in [0.2, 0.25) is 0 Å². The van der Waals surface area contributed by atoms with Crippen molar-refractivity contribution < 1.29 is 27.5 Å². The number of primary sulfonamides is 1. The summed E-state index contributed by atoms with van der Waals surface area (Å²) in [7, 11) is -3.88. The van der Waals surface area contributed by atoms with E-state index in [0.717, 1.165) is 6.42 Å². The first-order valence-electron chi connectivity index (χ1n) is 8.98. The first-order valence-corrected chi connectivity index (χ1v) is 10.5. The average Bonchev–Trinajstić information content (AvgIpc) is 2.66. The zero-order valence-corrected chi connectivity index (χ0v) is 17.1. The zero-order valence-electron chi connectivity index (χ0n) is 16.3. The molecule has 0 aliphatic rings. The van der Waals surface area contributed by atoms with E-state index < -0.39 is 28.5 Å². The quantitative estimate of drug-likeness (QED) is 0.601. The summed E-state index contributed by atoms with van der Waals surface area (Å²) < 4.78 is 33.2. The maximum Gasteiger partial charge on any atom is 0.338 e. The normalized spacial score (nSPS) is 11.2. The van der Waals surface area contributed by atoms with Crippen LogP contribution in [-0.4, -0.2) is 33.5 Å². The Morgan fingerprint density at radius 1 is 1.10 bits per heavy atom. The molecule has 0 radical (unpaired) electrons. The Labute approximate surface area is 170 Å². The topological polar surface area (TPSA) is 125 Å². The molecule has 0 atom stereocenters. The van der Waals surface area contributed by atoms with Crippen molar-refractivity contribution in [2.45, 2.75) is 25.2 Å². The van der Waals surface area contributed by atoms with Gasteiger partial charge < -0.3 is 14.8 Å². The average molecular weight is 420 g/mol. The predicted octanol–water partition coefficient (Wildman–Crippen LogP) is 2.55. The number of hydrogen-bond donors (Lipinski definition) is 2. The summed E-state index contributed by atoms with van der Waals surface area (Å²) in [5, 5.41) is 7.50. The fourth-order valence-corrected chi connectivity index (χ4v) is 2.82. The summed E-state index contributed by atoms with van der Waals surface area (Å²) in [6.07, 6.45) is 0.930. The molecule has 29 heavy (non-hydrogen) atoms. The van der Waals surface area contributed by atoms with Gasteiger partial charge in [0.2, 0.25) is 10.0 Å². The van der Waals surface area contributed by atoms with E-state index in [9.17, 15) is 18.0 Å². The maximum atomic E-state index is 12.1. The van der Waals surface area contributed by atoms with E-state index in [1.165, 1.54) is 24.3 Å². The van der Waals surface area contributed by atoms with Crippen molar-refractivity contribution >= 4 is 27.6 Å². The number of ether oxygens (including phenoxy) is 2. The Morgan fingerprint density at radius 3 is 2.41 bits per heavy atom. The van der Waals surface area contributed by atoms with Crippen molar-refractivity contribution in [2.24, 2.45) is 11.1 Å². The lowest BCUT2D eigenvalue weighted by Gasteiger charge is -2.09. The van der Waals surface area contributed by atoms with Gasteiger partial charge in [-0.25, -0.2) is 18.4 Å². The molecule has 156 valence electrons. The van der Waals surface area contributed by atoms with E-state index >= 15 is 0 Å². The van der Waals surface area contributed by atoms with Crippen molar-refractivity contribution in [3.63, 3.8) is 0 Å². The van der Waals surface area contributed by atoms with E-state index in [1.54, 1.807) is 24.3 Å². The number of nitrogens with two attached hydrogens (primary N) is 1. The molecular weight excluding hydrogens is 396 g/mol. The lowest BCUT2D eigenvalue weighted by atomic mass is 10.1. The number of rotatable bonds is 9. The van der Waals surface area contributed by atoms with Crippen molar-refractivity contribution in [2.75, 3.05) is 18.5 Å². The minimum Gasteiger partial charge on any atom is -0.494 e. The zero-order chi connectivity index (χ0) is 21.4. The van der Waals surface area contributed by atoms with E-state index in [-0.39, 0.29) is 16.1 Å². The van der Waals surface area contributed by atoms with Gasteiger partial charge in [0.25, 0.3) is 5.91 Å². The van der Waals surface area contributed by atoms with Crippen LogP contribution in [0, 0.1) is 5.92 Å². The molecule has 2 aromatic rings. The number of carbonyl (C=O) groups excluding carboxylic acids is 2. The Hall–Kier alpha value is -2.91. The van der Waals surface area contributed by atoms with Gasteiger partial charge in [-0.15, -0.1) is 0 Å². The van der Waals surface area contributed by atoms with Crippen LogP contribution in [0.1, 0.15) is 30.6 Å². The van der Waals surface area contributed by atoms with Crippen molar-refractivity contribution in [3.8, 4) is 5.75 Å². The van der Waals surface area contributed by atoms with Crippen molar-refractivity contribution in [1.29, 1.82) is 0 Å². The van der Waals surface area contributed by atoms with E-state index in [1.807, 2.05) is 0 Å². The molecule has 9 heteroatoms. The highest BCUT2D eigenvalue weighted by atomic mass is 32.2. The molecule has 0 aliphatic carbocycles. The standard InChI is InChI=1S/C20H24N2O6S/c1-14(2)10-11-27-17-8-6-15(7-9-17)20(24)28-13-19(23)22-16-4-3-5-18(12-16)29(21,25)26/h3-9,12,14H,10-11,13H2,1-2H3,(H,22,23)(H2,21,25,26). The van der Waals surface area contributed by atoms with Gasteiger partial charge in [-0.3, -0.25) is 4.79 Å². The Balaban J connectivity index is 1.85. The molecular formula is C20H24N2O6S. The van der Waals surface area contributed by atoms with Crippen molar-refractivity contribution in [3.05, 3.63) is 54.1 Å². The summed E-state index contributed by atoms with van der Waals surface area (Å²) in [5.74, 6) is -0.0852. The van der Waals surface area contributed by atoms with Crippen LogP contribution in [0.25, 0.3) is 0 Å². The fourth-order valence-electron chi connectivity index (χ4n) is 2.26. The molecule has 0 heterocycles. The molecule has 1 amide bonds. The molecule has 0 saturated carbocycles. The minimum atomic E-state index is -3.88. The largest absolute Gasteiger partial charge is 0.494 e. The molecule has 0 bridgehead atoms. The SMILES string of the molecule is CC(C)CCOc1ccc(C(=O)OCC(=O)Nc2cccc(S(N)(=O)=O)c2)cc1. The predicted molar refractivity (Wildman–Crippen MR) is 108 cm³/mol. The highest BCUT2D eigenvalue weighted by Gasteiger charge is 2.12. The first-order chi connectivity index (χ1) is 13.6. The van der Waals surface area contributed by atoms with Crippen LogP contribution >= 0.6 is 0 Å². The molecule has 0 fully saturated rings. The van der Waals surface area contributed by atoms with Crippen LogP contribution in [0.3, 0.4) is 0 Å².